The lowest BCUT2D eigenvalue weighted by atomic mass is 9.72. The second-order valence-electron chi connectivity index (χ2n) is 10.9. The second kappa shape index (κ2) is 10.1. The smallest absolute Gasteiger partial charge is 0.410 e. The minimum absolute atomic E-state index is 0.0646. The van der Waals surface area contributed by atoms with Crippen molar-refractivity contribution in [3.8, 4) is 0 Å². The van der Waals surface area contributed by atoms with Crippen molar-refractivity contribution >= 4 is 35.1 Å². The maximum Gasteiger partial charge on any atom is 0.410 e. The van der Waals surface area contributed by atoms with Gasteiger partial charge in [-0.15, -0.1) is 6.58 Å². The minimum atomic E-state index is -4.91. The average molecular weight is 588 g/mol. The molecule has 0 saturated carbocycles. The van der Waals surface area contributed by atoms with E-state index in [9.17, 15) is 27.2 Å². The van der Waals surface area contributed by atoms with E-state index in [1.807, 2.05) is 0 Å². The first kappa shape index (κ1) is 29.4. The van der Waals surface area contributed by atoms with E-state index in [1.54, 1.807) is 26.8 Å². The number of fused-ring (bicyclic) bond motifs is 2. The first-order valence-corrected chi connectivity index (χ1v) is 12.9. The van der Waals surface area contributed by atoms with Gasteiger partial charge >= 0.3 is 12.3 Å². The largest absolute Gasteiger partial charge is 0.444 e. The van der Waals surface area contributed by atoms with Crippen LogP contribution in [0.25, 0.3) is 0 Å². The first-order chi connectivity index (χ1) is 18.0. The predicted octanol–water partition coefficient (Wildman–Crippen LogP) is 7.76. The standard InChI is InChI=1S/C28H27Cl2F4NO4/c1-5-8-26(28(32,33)34,18-10-20(29)23(31)21(30)11-18)12-22(36)16-6-7-19-17(9-16)13-38-27(19)14-35(15-27)24(37)39-25(2,3)4/h5-7,9-11H,1,8,12-15H2,2-4H3. The lowest BCUT2D eigenvalue weighted by Crippen LogP contribution is -2.61. The van der Waals surface area contributed by atoms with Crippen LogP contribution in [0, 0.1) is 5.82 Å². The van der Waals surface area contributed by atoms with E-state index in [4.69, 9.17) is 32.7 Å². The number of nitrogens with zero attached hydrogens (tertiary/aromatic N) is 1. The summed E-state index contributed by atoms with van der Waals surface area (Å²) in [5, 5.41) is -1.16. The number of carbonyl (C=O) groups excluding carboxylic acids is 2. The summed E-state index contributed by atoms with van der Waals surface area (Å²) < 4.78 is 69.2. The van der Waals surface area contributed by atoms with Crippen molar-refractivity contribution in [1.29, 1.82) is 0 Å². The molecule has 1 saturated heterocycles. The Morgan fingerprint density at radius 1 is 1.13 bits per heavy atom. The quantitative estimate of drug-likeness (QED) is 0.150. The summed E-state index contributed by atoms with van der Waals surface area (Å²) in [7, 11) is 0. The van der Waals surface area contributed by atoms with Crippen molar-refractivity contribution in [3.05, 3.63) is 81.1 Å². The first-order valence-electron chi connectivity index (χ1n) is 12.1. The van der Waals surface area contributed by atoms with E-state index in [0.29, 0.717) is 5.56 Å². The monoisotopic (exact) mass is 587 g/mol. The molecule has 1 amide bonds. The summed E-state index contributed by atoms with van der Waals surface area (Å²) in [6, 6.07) is 6.31. The van der Waals surface area contributed by atoms with E-state index in [-0.39, 0.29) is 25.3 Å². The molecule has 1 atom stereocenters. The predicted molar refractivity (Wildman–Crippen MR) is 139 cm³/mol. The summed E-state index contributed by atoms with van der Waals surface area (Å²) in [4.78, 5) is 27.2. The highest BCUT2D eigenvalue weighted by atomic mass is 35.5. The van der Waals surface area contributed by atoms with Gasteiger partial charge in [0, 0.05) is 12.0 Å². The summed E-state index contributed by atoms with van der Waals surface area (Å²) in [5.74, 6) is -1.82. The number of carbonyl (C=O) groups is 2. The molecule has 0 bridgehead atoms. The van der Waals surface area contributed by atoms with Gasteiger partial charge in [-0.05, 0) is 62.1 Å². The van der Waals surface area contributed by atoms with Gasteiger partial charge in [0.25, 0.3) is 0 Å². The average Bonchev–Trinajstić information content (AvgIpc) is 3.18. The van der Waals surface area contributed by atoms with Gasteiger partial charge in [-0.1, -0.05) is 41.4 Å². The van der Waals surface area contributed by atoms with E-state index in [0.717, 1.165) is 23.8 Å². The summed E-state index contributed by atoms with van der Waals surface area (Å²) in [6.45, 7) is 9.38. The highest BCUT2D eigenvalue weighted by Crippen LogP contribution is 2.49. The van der Waals surface area contributed by atoms with Gasteiger partial charge < -0.3 is 14.4 Å². The Labute approximate surface area is 233 Å². The van der Waals surface area contributed by atoms with Gasteiger partial charge in [0.15, 0.2) is 11.6 Å². The van der Waals surface area contributed by atoms with Crippen LogP contribution >= 0.6 is 23.2 Å². The fourth-order valence-corrected chi connectivity index (χ4v) is 5.53. The maximum atomic E-state index is 14.6. The molecule has 4 rings (SSSR count). The van der Waals surface area contributed by atoms with Crippen LogP contribution in [0.5, 0.6) is 0 Å². The van der Waals surface area contributed by atoms with Crippen LogP contribution in [-0.2, 0) is 27.1 Å². The van der Waals surface area contributed by atoms with Crippen molar-refractivity contribution in [2.75, 3.05) is 13.1 Å². The van der Waals surface area contributed by atoms with Crippen LogP contribution in [0.3, 0.4) is 0 Å². The number of ketones is 1. The third kappa shape index (κ3) is 5.41. The number of rotatable bonds is 6. The maximum absolute atomic E-state index is 14.6. The van der Waals surface area contributed by atoms with Crippen molar-refractivity contribution in [3.63, 3.8) is 0 Å². The molecule has 0 radical (unpaired) electrons. The number of halogens is 6. The van der Waals surface area contributed by atoms with Crippen molar-refractivity contribution in [1.82, 2.24) is 4.90 Å². The van der Waals surface area contributed by atoms with Crippen molar-refractivity contribution < 1.29 is 36.6 Å². The molecule has 0 aliphatic carbocycles. The van der Waals surface area contributed by atoms with Gasteiger partial charge in [-0.2, -0.15) is 13.2 Å². The summed E-state index contributed by atoms with van der Waals surface area (Å²) >= 11 is 11.6. The Morgan fingerprint density at radius 2 is 1.74 bits per heavy atom. The van der Waals surface area contributed by atoms with Gasteiger partial charge in [-0.3, -0.25) is 4.79 Å². The molecule has 2 aliphatic rings. The molecule has 2 heterocycles. The molecule has 5 nitrogen and oxygen atoms in total. The lowest BCUT2D eigenvalue weighted by Gasteiger charge is -2.47. The molecule has 2 aromatic carbocycles. The molecule has 2 aromatic rings. The second-order valence-corrected chi connectivity index (χ2v) is 11.7. The van der Waals surface area contributed by atoms with Crippen molar-refractivity contribution in [2.45, 2.75) is 63.0 Å². The molecule has 2 aliphatic heterocycles. The molecule has 0 N–H and O–H groups in total. The Hall–Kier alpha value is -2.62. The summed E-state index contributed by atoms with van der Waals surface area (Å²) in [5.41, 5.74) is -3.08. The van der Waals surface area contributed by atoms with Crippen LogP contribution in [0.15, 0.2) is 43.0 Å². The Bertz CT molecular complexity index is 1310. The fourth-order valence-electron chi connectivity index (χ4n) is 5.04. The molecular weight excluding hydrogens is 561 g/mol. The molecule has 11 heteroatoms. The van der Waals surface area contributed by atoms with E-state index in [1.165, 1.54) is 17.0 Å². The van der Waals surface area contributed by atoms with Crippen LogP contribution in [0.1, 0.15) is 60.7 Å². The molecule has 0 aromatic heterocycles. The fraction of sp³-hybridized carbons (Fsp3) is 0.429. The number of ether oxygens (including phenoxy) is 2. The van der Waals surface area contributed by atoms with Gasteiger partial charge in [-0.25, -0.2) is 9.18 Å². The molecular formula is C28H27Cl2F4NO4. The van der Waals surface area contributed by atoms with Crippen LogP contribution < -0.4 is 0 Å². The van der Waals surface area contributed by atoms with Gasteiger partial charge in [0.1, 0.15) is 16.6 Å². The third-order valence-corrected chi connectivity index (χ3v) is 7.55. The zero-order valence-corrected chi connectivity index (χ0v) is 23.1. The Balaban J connectivity index is 1.60. The van der Waals surface area contributed by atoms with Crippen LogP contribution in [0.2, 0.25) is 10.0 Å². The number of hydrogen-bond donors (Lipinski definition) is 0. The topological polar surface area (TPSA) is 55.8 Å². The number of allylic oxidation sites excluding steroid dienone is 1. The highest BCUT2D eigenvalue weighted by molar-refractivity contribution is 6.35. The Kier molecular flexibility index (Phi) is 7.60. The Morgan fingerprint density at radius 3 is 2.28 bits per heavy atom. The van der Waals surface area contributed by atoms with Gasteiger partial charge in [0.05, 0.1) is 29.7 Å². The highest BCUT2D eigenvalue weighted by Gasteiger charge is 2.57. The minimum Gasteiger partial charge on any atom is -0.444 e. The zero-order valence-electron chi connectivity index (χ0n) is 21.6. The number of benzene rings is 2. The molecule has 210 valence electrons. The molecule has 1 fully saturated rings. The van der Waals surface area contributed by atoms with E-state index >= 15 is 0 Å². The number of Topliss-reactive ketones (excluding diaryl/α,β-unsaturated/α-hetero) is 1. The number of alkyl halides is 3. The molecule has 1 spiro atoms. The molecule has 1 unspecified atom stereocenters. The lowest BCUT2D eigenvalue weighted by molar-refractivity contribution is -0.189. The van der Waals surface area contributed by atoms with E-state index < -0.39 is 68.9 Å². The van der Waals surface area contributed by atoms with Gasteiger partial charge in [0.2, 0.25) is 0 Å². The SMILES string of the molecule is C=CCC(CC(=O)c1ccc2c(c1)COC21CN(C(=O)OC(C)(C)C)C1)(c1cc(Cl)c(F)c(Cl)c1)C(F)(F)F. The number of hydrogen-bond acceptors (Lipinski definition) is 4. The van der Waals surface area contributed by atoms with Crippen molar-refractivity contribution in [2.24, 2.45) is 0 Å². The zero-order chi connectivity index (χ0) is 29.0. The van der Waals surface area contributed by atoms with Crippen LogP contribution in [0.4, 0.5) is 22.4 Å². The normalized spacial score (nSPS) is 17.8. The van der Waals surface area contributed by atoms with E-state index in [2.05, 4.69) is 6.58 Å². The molecule has 39 heavy (non-hydrogen) atoms. The number of likely N-dealkylation sites (tertiary alicyclic amines) is 1. The third-order valence-electron chi connectivity index (χ3n) is 7.00. The summed E-state index contributed by atoms with van der Waals surface area (Å²) in [6.07, 6.45) is -5.96. The van der Waals surface area contributed by atoms with Crippen LogP contribution in [-0.4, -0.2) is 41.6 Å². The number of amides is 1.